The molecule has 1 aliphatic rings. The summed E-state index contributed by atoms with van der Waals surface area (Å²) in [6, 6.07) is 0. The maximum absolute atomic E-state index is 10.6. The van der Waals surface area contributed by atoms with Crippen LogP contribution in [-0.2, 0) is 14.3 Å². The number of hydrogen-bond acceptors (Lipinski definition) is 3. The minimum Gasteiger partial charge on any atom is -0.344 e. The van der Waals surface area contributed by atoms with Crippen molar-refractivity contribution in [2.75, 3.05) is 0 Å². The van der Waals surface area contributed by atoms with E-state index in [0.717, 1.165) is 12.7 Å². The molecular formula is C12H20O3. The number of aldehydes is 1. The molecule has 1 saturated heterocycles. The summed E-state index contributed by atoms with van der Waals surface area (Å²) >= 11 is 0. The first kappa shape index (κ1) is 12.4. The second-order valence-corrected chi connectivity index (χ2v) is 4.71. The zero-order valence-corrected chi connectivity index (χ0v) is 10.2. The molecule has 0 saturated carbocycles. The Morgan fingerprint density at radius 1 is 1.40 bits per heavy atom. The van der Waals surface area contributed by atoms with E-state index in [1.807, 2.05) is 26.8 Å². The lowest BCUT2D eigenvalue weighted by atomic mass is 9.95. The number of rotatable bonds is 3. The first-order valence-electron chi connectivity index (χ1n) is 5.35. The normalized spacial score (nSPS) is 35.5. The fraction of sp³-hybridized carbons (Fsp3) is 0.750. The highest BCUT2D eigenvalue weighted by atomic mass is 16.8. The van der Waals surface area contributed by atoms with Crippen molar-refractivity contribution in [3.8, 4) is 0 Å². The molecule has 0 spiro atoms. The van der Waals surface area contributed by atoms with Gasteiger partial charge in [-0.15, -0.1) is 0 Å². The lowest BCUT2D eigenvalue weighted by Gasteiger charge is -2.25. The molecule has 0 amide bonds. The highest BCUT2D eigenvalue weighted by Gasteiger charge is 2.47. The highest BCUT2D eigenvalue weighted by molar-refractivity contribution is 5.72. The number of carbonyl (C=O) groups excluding carboxylic acids is 1. The second-order valence-electron chi connectivity index (χ2n) is 4.71. The van der Waals surface area contributed by atoms with E-state index in [-0.39, 0.29) is 6.10 Å². The second kappa shape index (κ2) is 4.06. The van der Waals surface area contributed by atoms with Crippen molar-refractivity contribution in [3.63, 3.8) is 0 Å². The SMILES string of the molecule is CC[C@@H]1OC(C)(C)O[C@@]1(C)/C=C(\C)C=O. The van der Waals surface area contributed by atoms with Crippen LogP contribution in [0.4, 0.5) is 0 Å². The quantitative estimate of drug-likeness (QED) is 0.532. The van der Waals surface area contributed by atoms with Gasteiger partial charge in [0.05, 0.1) is 6.10 Å². The van der Waals surface area contributed by atoms with Crippen molar-refractivity contribution < 1.29 is 14.3 Å². The van der Waals surface area contributed by atoms with Gasteiger partial charge in [-0.3, -0.25) is 4.79 Å². The first-order chi connectivity index (χ1) is 6.83. The van der Waals surface area contributed by atoms with Crippen LogP contribution in [0.15, 0.2) is 11.6 Å². The van der Waals surface area contributed by atoms with E-state index in [2.05, 4.69) is 6.92 Å². The summed E-state index contributed by atoms with van der Waals surface area (Å²) in [5, 5.41) is 0. The topological polar surface area (TPSA) is 35.5 Å². The molecule has 0 aromatic carbocycles. The van der Waals surface area contributed by atoms with Crippen LogP contribution in [0.2, 0.25) is 0 Å². The monoisotopic (exact) mass is 212 g/mol. The van der Waals surface area contributed by atoms with Gasteiger partial charge in [0.1, 0.15) is 11.9 Å². The number of carbonyl (C=O) groups is 1. The summed E-state index contributed by atoms with van der Waals surface area (Å²) in [6.07, 6.45) is 3.56. The highest BCUT2D eigenvalue weighted by Crippen LogP contribution is 2.39. The molecule has 15 heavy (non-hydrogen) atoms. The van der Waals surface area contributed by atoms with E-state index in [1.165, 1.54) is 0 Å². The van der Waals surface area contributed by atoms with Crippen molar-refractivity contribution >= 4 is 6.29 Å². The summed E-state index contributed by atoms with van der Waals surface area (Å²) in [5.74, 6) is -0.574. The van der Waals surface area contributed by atoms with Gasteiger partial charge in [0.15, 0.2) is 5.79 Å². The lowest BCUT2D eigenvalue weighted by molar-refractivity contribution is -0.153. The van der Waals surface area contributed by atoms with Crippen LogP contribution in [0.3, 0.4) is 0 Å². The molecule has 1 fully saturated rings. The predicted molar refractivity (Wildman–Crippen MR) is 58.6 cm³/mol. The van der Waals surface area contributed by atoms with Gasteiger partial charge in [-0.1, -0.05) is 6.92 Å². The average Bonchev–Trinajstić information content (AvgIpc) is 2.35. The van der Waals surface area contributed by atoms with Crippen molar-refractivity contribution in [1.82, 2.24) is 0 Å². The smallest absolute Gasteiger partial charge is 0.164 e. The maximum atomic E-state index is 10.6. The number of allylic oxidation sites excluding steroid dienone is 1. The third-order valence-corrected chi connectivity index (χ3v) is 2.60. The molecule has 0 aromatic heterocycles. The minimum atomic E-state index is -0.574. The van der Waals surface area contributed by atoms with Gasteiger partial charge in [-0.05, 0) is 45.8 Å². The van der Waals surface area contributed by atoms with Gasteiger partial charge in [-0.2, -0.15) is 0 Å². The van der Waals surface area contributed by atoms with Crippen LogP contribution >= 0.6 is 0 Å². The Kier molecular flexibility index (Phi) is 3.36. The number of hydrogen-bond donors (Lipinski definition) is 0. The van der Waals surface area contributed by atoms with Gasteiger partial charge in [0, 0.05) is 0 Å². The van der Waals surface area contributed by atoms with Crippen molar-refractivity contribution in [3.05, 3.63) is 11.6 Å². The molecule has 0 aliphatic carbocycles. The third-order valence-electron chi connectivity index (χ3n) is 2.60. The summed E-state index contributed by atoms with van der Waals surface area (Å²) in [4.78, 5) is 10.6. The summed E-state index contributed by atoms with van der Waals surface area (Å²) in [6.45, 7) is 9.58. The van der Waals surface area contributed by atoms with Gasteiger partial charge < -0.3 is 9.47 Å². The van der Waals surface area contributed by atoms with E-state index in [0.29, 0.717) is 5.57 Å². The van der Waals surface area contributed by atoms with Crippen molar-refractivity contribution in [1.29, 1.82) is 0 Å². The van der Waals surface area contributed by atoms with Crippen LogP contribution in [0.5, 0.6) is 0 Å². The fourth-order valence-corrected chi connectivity index (χ4v) is 2.18. The molecule has 0 radical (unpaired) electrons. The Hall–Kier alpha value is -0.670. The van der Waals surface area contributed by atoms with E-state index < -0.39 is 11.4 Å². The average molecular weight is 212 g/mol. The molecule has 2 atom stereocenters. The molecular weight excluding hydrogens is 192 g/mol. The Morgan fingerprint density at radius 2 is 2.00 bits per heavy atom. The Morgan fingerprint density at radius 3 is 2.47 bits per heavy atom. The standard InChI is InChI=1S/C12H20O3/c1-6-10-12(5,7-9(2)8-13)15-11(3,4)14-10/h7-8,10H,6H2,1-5H3/b9-7+/t10-,12-/m0/s1. The summed E-state index contributed by atoms with van der Waals surface area (Å²) < 4.78 is 11.6. The van der Waals surface area contributed by atoms with Crippen LogP contribution in [0.1, 0.15) is 41.0 Å². The molecule has 1 rings (SSSR count). The minimum absolute atomic E-state index is 0.00222. The largest absolute Gasteiger partial charge is 0.344 e. The Labute approximate surface area is 91.4 Å². The molecule has 0 aromatic rings. The van der Waals surface area contributed by atoms with Crippen LogP contribution in [0.25, 0.3) is 0 Å². The maximum Gasteiger partial charge on any atom is 0.164 e. The van der Waals surface area contributed by atoms with Gasteiger partial charge >= 0.3 is 0 Å². The first-order valence-corrected chi connectivity index (χ1v) is 5.35. The van der Waals surface area contributed by atoms with Crippen molar-refractivity contribution in [2.45, 2.75) is 58.5 Å². The summed E-state index contributed by atoms with van der Waals surface area (Å²) in [5.41, 5.74) is 0.181. The molecule has 3 nitrogen and oxygen atoms in total. The summed E-state index contributed by atoms with van der Waals surface area (Å²) in [7, 11) is 0. The van der Waals surface area contributed by atoms with Crippen LogP contribution in [0, 0.1) is 0 Å². The lowest BCUT2D eigenvalue weighted by Crippen LogP contribution is -2.34. The third kappa shape index (κ3) is 2.67. The number of ether oxygens (including phenoxy) is 2. The molecule has 0 N–H and O–H groups in total. The van der Waals surface area contributed by atoms with Gasteiger partial charge in [0.25, 0.3) is 0 Å². The predicted octanol–water partition coefficient (Wildman–Crippen LogP) is 2.45. The molecule has 0 bridgehead atoms. The zero-order chi connectivity index (χ0) is 11.7. The van der Waals surface area contributed by atoms with E-state index in [1.54, 1.807) is 6.92 Å². The molecule has 3 heteroatoms. The zero-order valence-electron chi connectivity index (χ0n) is 10.2. The van der Waals surface area contributed by atoms with Gasteiger partial charge in [-0.25, -0.2) is 0 Å². The van der Waals surface area contributed by atoms with Crippen molar-refractivity contribution in [2.24, 2.45) is 0 Å². The Bertz CT molecular complexity index is 281. The molecule has 86 valence electrons. The van der Waals surface area contributed by atoms with E-state index in [4.69, 9.17) is 9.47 Å². The fourth-order valence-electron chi connectivity index (χ4n) is 2.18. The van der Waals surface area contributed by atoms with Crippen LogP contribution in [-0.4, -0.2) is 23.8 Å². The Balaban J connectivity index is 2.96. The molecule has 1 aliphatic heterocycles. The molecule has 1 heterocycles. The van der Waals surface area contributed by atoms with E-state index >= 15 is 0 Å². The molecule has 0 unspecified atom stereocenters. The van der Waals surface area contributed by atoms with Gasteiger partial charge in [0.2, 0.25) is 0 Å². The van der Waals surface area contributed by atoms with E-state index in [9.17, 15) is 4.79 Å². The van der Waals surface area contributed by atoms with Crippen LogP contribution < -0.4 is 0 Å².